The number of anilines is 1. The molecule has 0 bridgehead atoms. The van der Waals surface area contributed by atoms with Crippen LogP contribution in [0.3, 0.4) is 0 Å². The Balaban J connectivity index is 1.49. The van der Waals surface area contributed by atoms with Crippen LogP contribution in [0.25, 0.3) is 16.8 Å². The molecule has 1 fully saturated rings. The van der Waals surface area contributed by atoms with Gasteiger partial charge in [-0.25, -0.2) is 14.5 Å². The molecule has 1 aliphatic rings. The minimum absolute atomic E-state index is 0.213. The highest BCUT2D eigenvalue weighted by Gasteiger charge is 2.34. The lowest BCUT2D eigenvalue weighted by Gasteiger charge is -2.32. The molecule has 30 heavy (non-hydrogen) atoms. The highest BCUT2D eigenvalue weighted by molar-refractivity contribution is 5.85. The lowest BCUT2D eigenvalue weighted by Crippen LogP contribution is -2.26. The Morgan fingerprint density at radius 3 is 2.73 bits per heavy atom. The number of benzene rings is 2. The van der Waals surface area contributed by atoms with Crippen molar-refractivity contribution in [1.29, 1.82) is 0 Å². The number of fused-ring (bicyclic) bond motifs is 1. The number of ether oxygens (including phenoxy) is 1. The minimum atomic E-state index is 0.213. The molecule has 2 aromatic carbocycles. The van der Waals surface area contributed by atoms with E-state index < -0.39 is 0 Å². The van der Waals surface area contributed by atoms with Crippen molar-refractivity contribution < 1.29 is 9.84 Å². The summed E-state index contributed by atoms with van der Waals surface area (Å²) in [7, 11) is 0. The second-order valence-electron chi connectivity index (χ2n) is 7.74. The van der Waals surface area contributed by atoms with Gasteiger partial charge in [-0.1, -0.05) is 42.5 Å². The van der Waals surface area contributed by atoms with E-state index in [0.29, 0.717) is 23.9 Å². The first kappa shape index (κ1) is 18.6. The van der Waals surface area contributed by atoms with E-state index in [1.54, 1.807) is 4.52 Å². The summed E-state index contributed by atoms with van der Waals surface area (Å²) in [5.74, 6) is 2.62. The molecular weight excluding hydrogens is 378 g/mol. The molecule has 0 spiro atoms. The summed E-state index contributed by atoms with van der Waals surface area (Å²) in [5.41, 5.74) is 9.69. The molecule has 2 heterocycles. The molecule has 2 aromatic heterocycles. The van der Waals surface area contributed by atoms with E-state index in [1.807, 2.05) is 54.6 Å². The Morgan fingerprint density at radius 1 is 1.10 bits per heavy atom. The molecule has 0 radical (unpaired) electrons. The molecule has 0 atom stereocenters. The highest BCUT2D eigenvalue weighted by atomic mass is 16.5. The number of aromatic nitrogens is 4. The number of hydrogen-bond acceptors (Lipinski definition) is 6. The van der Waals surface area contributed by atoms with E-state index in [0.717, 1.165) is 41.2 Å². The highest BCUT2D eigenvalue weighted by Crippen LogP contribution is 2.42. The van der Waals surface area contributed by atoms with Crippen LogP contribution >= 0.6 is 0 Å². The van der Waals surface area contributed by atoms with Crippen molar-refractivity contribution in [2.24, 2.45) is 5.92 Å². The second kappa shape index (κ2) is 7.76. The SMILES string of the molecule is Nc1ncnn2c(C3CC(CO)C3)nc(-c3cccc(OCc4ccccc4)c3)c12. The minimum Gasteiger partial charge on any atom is -0.489 e. The normalized spacial score (nSPS) is 18.3. The van der Waals surface area contributed by atoms with Crippen molar-refractivity contribution in [3.63, 3.8) is 0 Å². The van der Waals surface area contributed by atoms with Crippen LogP contribution in [-0.4, -0.2) is 31.3 Å². The largest absolute Gasteiger partial charge is 0.489 e. The zero-order valence-corrected chi connectivity index (χ0v) is 16.5. The van der Waals surface area contributed by atoms with Crippen molar-refractivity contribution in [3.05, 3.63) is 72.3 Å². The fraction of sp³-hybridized carbons (Fsp3) is 0.261. The lowest BCUT2D eigenvalue weighted by atomic mass is 9.75. The quantitative estimate of drug-likeness (QED) is 0.514. The number of nitrogens with zero attached hydrogens (tertiary/aromatic N) is 4. The maximum atomic E-state index is 9.37. The Kier molecular flexibility index (Phi) is 4.80. The van der Waals surface area contributed by atoms with Crippen LogP contribution in [0.15, 0.2) is 60.9 Å². The van der Waals surface area contributed by atoms with Crippen LogP contribution in [0, 0.1) is 5.92 Å². The first-order chi connectivity index (χ1) is 14.7. The van der Waals surface area contributed by atoms with Crippen LogP contribution in [-0.2, 0) is 6.61 Å². The number of rotatable bonds is 6. The summed E-state index contributed by atoms with van der Waals surface area (Å²) in [4.78, 5) is 9.09. The third-order valence-electron chi connectivity index (χ3n) is 5.70. The van der Waals surface area contributed by atoms with Gasteiger partial charge >= 0.3 is 0 Å². The number of aliphatic hydroxyl groups is 1. The van der Waals surface area contributed by atoms with Gasteiger partial charge in [0.05, 0.1) is 0 Å². The van der Waals surface area contributed by atoms with Crippen LogP contribution in [0.4, 0.5) is 5.82 Å². The summed E-state index contributed by atoms with van der Waals surface area (Å²) >= 11 is 0. The van der Waals surface area contributed by atoms with Crippen molar-refractivity contribution in [3.8, 4) is 17.0 Å². The van der Waals surface area contributed by atoms with E-state index in [4.69, 9.17) is 15.5 Å². The fourth-order valence-corrected chi connectivity index (χ4v) is 4.01. The van der Waals surface area contributed by atoms with E-state index in [-0.39, 0.29) is 12.5 Å². The van der Waals surface area contributed by atoms with Gasteiger partial charge in [0.25, 0.3) is 0 Å². The summed E-state index contributed by atoms with van der Waals surface area (Å²) < 4.78 is 7.79. The fourth-order valence-electron chi connectivity index (χ4n) is 4.01. The van der Waals surface area contributed by atoms with Gasteiger partial charge in [-0.2, -0.15) is 5.10 Å². The molecule has 0 unspecified atom stereocenters. The molecule has 0 saturated heterocycles. The van der Waals surface area contributed by atoms with Crippen molar-refractivity contribution in [1.82, 2.24) is 19.6 Å². The van der Waals surface area contributed by atoms with Crippen molar-refractivity contribution in [2.45, 2.75) is 25.4 Å². The Hall–Kier alpha value is -3.45. The molecule has 7 nitrogen and oxygen atoms in total. The molecule has 3 N–H and O–H groups in total. The van der Waals surface area contributed by atoms with Gasteiger partial charge in [0.1, 0.15) is 35.7 Å². The Labute approximate surface area is 174 Å². The van der Waals surface area contributed by atoms with Crippen LogP contribution in [0.2, 0.25) is 0 Å². The van der Waals surface area contributed by atoms with Crippen molar-refractivity contribution in [2.75, 3.05) is 12.3 Å². The number of aliphatic hydroxyl groups excluding tert-OH is 1. The monoisotopic (exact) mass is 401 g/mol. The van der Waals surface area contributed by atoms with Gasteiger partial charge in [-0.3, -0.25) is 0 Å². The second-order valence-corrected chi connectivity index (χ2v) is 7.74. The van der Waals surface area contributed by atoms with Crippen LogP contribution in [0.5, 0.6) is 5.75 Å². The average molecular weight is 401 g/mol. The molecule has 4 aromatic rings. The summed E-state index contributed by atoms with van der Waals surface area (Å²) in [5, 5.41) is 13.8. The van der Waals surface area contributed by atoms with Crippen LogP contribution in [0.1, 0.15) is 30.1 Å². The maximum absolute atomic E-state index is 9.37. The molecule has 5 rings (SSSR count). The van der Waals surface area contributed by atoms with Crippen LogP contribution < -0.4 is 10.5 Å². The van der Waals surface area contributed by atoms with Gasteiger partial charge in [-0.05, 0) is 36.5 Å². The van der Waals surface area contributed by atoms with E-state index >= 15 is 0 Å². The van der Waals surface area contributed by atoms with E-state index in [2.05, 4.69) is 10.1 Å². The molecule has 7 heteroatoms. The number of hydrogen-bond donors (Lipinski definition) is 2. The number of nitrogens with two attached hydrogens (primary N) is 1. The molecular formula is C23H23N5O2. The number of imidazole rings is 1. The number of nitrogen functional groups attached to an aromatic ring is 1. The standard InChI is InChI=1S/C23H23N5O2/c24-22-21-20(27-23(28(21)26-14-25-22)18-9-16(10-18)12-29)17-7-4-8-19(11-17)30-13-15-5-2-1-3-6-15/h1-8,11,14,16,18,29H,9-10,12-13H2,(H2,24,25,26). The third kappa shape index (κ3) is 3.37. The topological polar surface area (TPSA) is 98.6 Å². The van der Waals surface area contributed by atoms with Gasteiger partial charge in [0, 0.05) is 18.1 Å². The average Bonchev–Trinajstić information content (AvgIpc) is 3.13. The zero-order valence-electron chi connectivity index (χ0n) is 16.5. The molecule has 0 amide bonds. The predicted octanol–water partition coefficient (Wildman–Crippen LogP) is 3.44. The first-order valence-electron chi connectivity index (χ1n) is 10.1. The first-order valence-corrected chi connectivity index (χ1v) is 10.1. The molecule has 0 aliphatic heterocycles. The summed E-state index contributed by atoms with van der Waals surface area (Å²) in [6.07, 6.45) is 3.26. The Morgan fingerprint density at radius 2 is 1.93 bits per heavy atom. The molecule has 152 valence electrons. The van der Waals surface area contributed by atoms with Gasteiger partial charge in [0.15, 0.2) is 5.82 Å². The smallest absolute Gasteiger partial charge is 0.153 e. The summed E-state index contributed by atoms with van der Waals surface area (Å²) in [6, 6.07) is 17.9. The van der Waals surface area contributed by atoms with Crippen molar-refractivity contribution >= 4 is 11.3 Å². The maximum Gasteiger partial charge on any atom is 0.153 e. The molecule has 1 aliphatic carbocycles. The predicted molar refractivity (Wildman–Crippen MR) is 114 cm³/mol. The zero-order chi connectivity index (χ0) is 20.5. The third-order valence-corrected chi connectivity index (χ3v) is 5.70. The molecule has 1 saturated carbocycles. The van der Waals surface area contributed by atoms with E-state index in [1.165, 1.54) is 6.33 Å². The van der Waals surface area contributed by atoms with Gasteiger partial charge in [0.2, 0.25) is 0 Å². The van der Waals surface area contributed by atoms with E-state index in [9.17, 15) is 5.11 Å². The Bertz CT molecular complexity index is 1170. The lowest BCUT2D eigenvalue weighted by molar-refractivity contribution is 0.138. The summed E-state index contributed by atoms with van der Waals surface area (Å²) in [6.45, 7) is 0.708. The van der Waals surface area contributed by atoms with Gasteiger partial charge < -0.3 is 15.6 Å². The van der Waals surface area contributed by atoms with Gasteiger partial charge in [-0.15, -0.1) is 0 Å².